The first kappa shape index (κ1) is 14.3. The van der Waals surface area contributed by atoms with E-state index >= 15 is 0 Å². The van der Waals surface area contributed by atoms with Gasteiger partial charge < -0.3 is 15.2 Å². The molecule has 20 heavy (non-hydrogen) atoms. The summed E-state index contributed by atoms with van der Waals surface area (Å²) >= 11 is 0. The minimum absolute atomic E-state index is 0.537. The molecule has 0 aliphatic carbocycles. The lowest BCUT2D eigenvalue weighted by molar-refractivity contribution is 0.355. The number of ether oxygens (including phenoxy) is 2. The highest BCUT2D eigenvalue weighted by atomic mass is 16.5. The van der Waals surface area contributed by atoms with Crippen molar-refractivity contribution in [3.8, 4) is 22.8 Å². The van der Waals surface area contributed by atoms with Gasteiger partial charge in [0.25, 0.3) is 0 Å². The molecule has 0 spiro atoms. The molecule has 0 fully saturated rings. The Balaban J connectivity index is 2.45. The van der Waals surface area contributed by atoms with E-state index in [0.717, 1.165) is 22.8 Å². The Morgan fingerprint density at radius 3 is 2.45 bits per heavy atom. The number of aryl methyl sites for hydroxylation is 1. The molecule has 1 heterocycles. The zero-order valence-electron chi connectivity index (χ0n) is 12.0. The Bertz CT molecular complexity index is 600. The number of hydrogen-bond donors (Lipinski definition) is 1. The van der Waals surface area contributed by atoms with Crippen LogP contribution in [0, 0.1) is 6.92 Å². The molecule has 106 valence electrons. The molecule has 0 atom stereocenters. The average Bonchev–Trinajstić information content (AvgIpc) is 2.46. The summed E-state index contributed by atoms with van der Waals surface area (Å²) in [5.41, 5.74) is 8.32. The third-order valence-corrected chi connectivity index (χ3v) is 2.95. The number of benzene rings is 1. The van der Waals surface area contributed by atoms with Gasteiger partial charge in [0.15, 0.2) is 11.5 Å². The van der Waals surface area contributed by atoms with Crippen LogP contribution in [0.2, 0.25) is 0 Å². The average molecular weight is 273 g/mol. The molecule has 5 nitrogen and oxygen atoms in total. The van der Waals surface area contributed by atoms with E-state index in [1.807, 2.05) is 31.2 Å². The van der Waals surface area contributed by atoms with Crippen LogP contribution in [0.25, 0.3) is 11.3 Å². The summed E-state index contributed by atoms with van der Waals surface area (Å²) in [6.07, 6.45) is 0.669. The summed E-state index contributed by atoms with van der Waals surface area (Å²) in [5.74, 6) is 2.14. The molecule has 0 bridgehead atoms. The van der Waals surface area contributed by atoms with Gasteiger partial charge >= 0.3 is 0 Å². The summed E-state index contributed by atoms with van der Waals surface area (Å²) in [7, 11) is 3.23. The van der Waals surface area contributed by atoms with Crippen molar-refractivity contribution in [3.63, 3.8) is 0 Å². The maximum absolute atomic E-state index is 5.57. The van der Waals surface area contributed by atoms with Crippen molar-refractivity contribution in [2.75, 3.05) is 20.8 Å². The molecule has 2 rings (SSSR count). The molecular weight excluding hydrogens is 254 g/mol. The summed E-state index contributed by atoms with van der Waals surface area (Å²) < 4.78 is 10.6. The number of nitrogens with two attached hydrogens (primary N) is 1. The van der Waals surface area contributed by atoms with Crippen LogP contribution in [0.15, 0.2) is 24.3 Å². The Morgan fingerprint density at radius 2 is 1.80 bits per heavy atom. The number of nitrogens with zero attached hydrogens (tertiary/aromatic N) is 2. The van der Waals surface area contributed by atoms with Crippen molar-refractivity contribution in [2.45, 2.75) is 13.3 Å². The van der Waals surface area contributed by atoms with Crippen LogP contribution in [0.4, 0.5) is 0 Å². The van der Waals surface area contributed by atoms with E-state index in [1.165, 1.54) is 0 Å². The summed E-state index contributed by atoms with van der Waals surface area (Å²) in [5, 5.41) is 0. The zero-order valence-corrected chi connectivity index (χ0v) is 12.0. The predicted molar refractivity (Wildman–Crippen MR) is 78.1 cm³/mol. The van der Waals surface area contributed by atoms with Gasteiger partial charge in [-0.3, -0.25) is 0 Å². The number of rotatable bonds is 5. The van der Waals surface area contributed by atoms with Crippen LogP contribution >= 0.6 is 0 Å². The van der Waals surface area contributed by atoms with Gasteiger partial charge in [-0.2, -0.15) is 0 Å². The lowest BCUT2D eigenvalue weighted by Gasteiger charge is -2.10. The number of hydrogen-bond acceptors (Lipinski definition) is 5. The quantitative estimate of drug-likeness (QED) is 0.902. The van der Waals surface area contributed by atoms with Crippen LogP contribution in [0.5, 0.6) is 11.5 Å². The zero-order chi connectivity index (χ0) is 14.5. The van der Waals surface area contributed by atoms with Gasteiger partial charge in [-0.25, -0.2) is 9.97 Å². The molecule has 0 saturated heterocycles. The molecule has 0 radical (unpaired) electrons. The van der Waals surface area contributed by atoms with E-state index in [-0.39, 0.29) is 0 Å². The van der Waals surface area contributed by atoms with Crippen molar-refractivity contribution < 1.29 is 9.47 Å². The monoisotopic (exact) mass is 273 g/mol. The smallest absolute Gasteiger partial charge is 0.161 e. The van der Waals surface area contributed by atoms with E-state index in [9.17, 15) is 0 Å². The second-order valence-corrected chi connectivity index (χ2v) is 4.42. The van der Waals surface area contributed by atoms with E-state index in [0.29, 0.717) is 24.5 Å². The van der Waals surface area contributed by atoms with E-state index in [1.54, 1.807) is 14.2 Å². The first-order chi connectivity index (χ1) is 9.67. The lowest BCUT2D eigenvalue weighted by atomic mass is 10.1. The normalized spacial score (nSPS) is 10.4. The third kappa shape index (κ3) is 3.05. The molecule has 2 N–H and O–H groups in total. The van der Waals surface area contributed by atoms with Gasteiger partial charge in [0.1, 0.15) is 5.82 Å². The van der Waals surface area contributed by atoms with Gasteiger partial charge in [0, 0.05) is 17.7 Å². The van der Waals surface area contributed by atoms with Gasteiger partial charge in [0.05, 0.1) is 19.9 Å². The molecule has 0 amide bonds. The minimum atomic E-state index is 0.537. The highest BCUT2D eigenvalue weighted by Gasteiger charge is 2.09. The van der Waals surface area contributed by atoms with Crippen LogP contribution in [0.1, 0.15) is 11.5 Å². The summed E-state index contributed by atoms with van der Waals surface area (Å²) in [6.45, 7) is 2.49. The standard InChI is InChI=1S/C15H19N3O2/c1-10-8-12(18-15(17-10)6-7-16)11-4-5-13(19-2)14(9-11)20-3/h4-5,8-9H,6-7,16H2,1-3H3. The predicted octanol–water partition coefficient (Wildman–Crippen LogP) is 1.97. The molecule has 0 aliphatic rings. The number of aromatic nitrogens is 2. The van der Waals surface area contributed by atoms with Gasteiger partial charge in [0.2, 0.25) is 0 Å². The highest BCUT2D eigenvalue weighted by molar-refractivity contribution is 5.64. The van der Waals surface area contributed by atoms with Crippen molar-refractivity contribution in [2.24, 2.45) is 5.73 Å². The first-order valence-corrected chi connectivity index (χ1v) is 6.45. The molecule has 5 heteroatoms. The molecule has 0 saturated carbocycles. The van der Waals surface area contributed by atoms with E-state index < -0.39 is 0 Å². The van der Waals surface area contributed by atoms with Crippen molar-refractivity contribution >= 4 is 0 Å². The minimum Gasteiger partial charge on any atom is -0.493 e. The maximum Gasteiger partial charge on any atom is 0.161 e. The van der Waals surface area contributed by atoms with E-state index in [4.69, 9.17) is 15.2 Å². The third-order valence-electron chi connectivity index (χ3n) is 2.95. The van der Waals surface area contributed by atoms with Crippen molar-refractivity contribution in [3.05, 3.63) is 35.8 Å². The fraction of sp³-hybridized carbons (Fsp3) is 0.333. The van der Waals surface area contributed by atoms with Crippen LogP contribution < -0.4 is 15.2 Å². The molecule has 1 aromatic heterocycles. The molecule has 1 aromatic carbocycles. The SMILES string of the molecule is COc1ccc(-c2cc(C)nc(CCN)n2)cc1OC. The van der Waals surface area contributed by atoms with Gasteiger partial charge in [-0.1, -0.05) is 0 Å². The van der Waals surface area contributed by atoms with Gasteiger partial charge in [-0.05, 0) is 37.7 Å². The lowest BCUT2D eigenvalue weighted by Crippen LogP contribution is -2.07. The second-order valence-electron chi connectivity index (χ2n) is 4.42. The van der Waals surface area contributed by atoms with Crippen LogP contribution in [0.3, 0.4) is 0 Å². The van der Waals surface area contributed by atoms with Crippen molar-refractivity contribution in [1.82, 2.24) is 9.97 Å². The first-order valence-electron chi connectivity index (χ1n) is 6.45. The Hall–Kier alpha value is -2.14. The van der Waals surface area contributed by atoms with Crippen LogP contribution in [-0.2, 0) is 6.42 Å². The fourth-order valence-corrected chi connectivity index (χ4v) is 2.01. The molecule has 0 aliphatic heterocycles. The summed E-state index contributed by atoms with van der Waals surface area (Å²) in [4.78, 5) is 8.92. The second kappa shape index (κ2) is 6.34. The Labute approximate surface area is 118 Å². The van der Waals surface area contributed by atoms with Crippen LogP contribution in [-0.4, -0.2) is 30.7 Å². The number of methoxy groups -OCH3 is 2. The molecule has 2 aromatic rings. The largest absolute Gasteiger partial charge is 0.493 e. The Kier molecular flexibility index (Phi) is 4.53. The molecular formula is C15H19N3O2. The molecule has 0 unspecified atom stereocenters. The Morgan fingerprint density at radius 1 is 1.05 bits per heavy atom. The van der Waals surface area contributed by atoms with Gasteiger partial charge in [-0.15, -0.1) is 0 Å². The maximum atomic E-state index is 5.57. The van der Waals surface area contributed by atoms with Crippen molar-refractivity contribution in [1.29, 1.82) is 0 Å². The highest BCUT2D eigenvalue weighted by Crippen LogP contribution is 2.31. The summed E-state index contributed by atoms with van der Waals surface area (Å²) in [6, 6.07) is 7.68. The fourth-order valence-electron chi connectivity index (χ4n) is 2.01. The topological polar surface area (TPSA) is 70.3 Å². The van der Waals surface area contributed by atoms with E-state index in [2.05, 4.69) is 9.97 Å².